The van der Waals surface area contributed by atoms with Crippen molar-refractivity contribution in [2.75, 3.05) is 13.1 Å². The maximum atomic E-state index is 12.5. The molecule has 2 aromatic rings. The van der Waals surface area contributed by atoms with Crippen molar-refractivity contribution in [3.8, 4) is 0 Å². The van der Waals surface area contributed by atoms with Crippen LogP contribution in [0.2, 0.25) is 5.02 Å². The molecule has 1 aliphatic heterocycles. The van der Waals surface area contributed by atoms with E-state index in [2.05, 4.69) is 15.9 Å². The zero-order valence-corrected chi connectivity index (χ0v) is 14.3. The van der Waals surface area contributed by atoms with Crippen LogP contribution in [0.4, 0.5) is 0 Å². The molecule has 23 heavy (non-hydrogen) atoms. The van der Waals surface area contributed by atoms with Crippen LogP contribution in [0.1, 0.15) is 22.0 Å². The van der Waals surface area contributed by atoms with Crippen LogP contribution < -0.4 is 0 Å². The Kier molecular flexibility index (Phi) is 4.46. The average molecular weight is 399 g/mol. The summed E-state index contributed by atoms with van der Waals surface area (Å²) in [5, 5.41) is 10.1. The van der Waals surface area contributed by atoms with Gasteiger partial charge >= 0.3 is 5.97 Å². The monoisotopic (exact) mass is 397 g/mol. The van der Waals surface area contributed by atoms with Crippen molar-refractivity contribution in [1.82, 2.24) is 4.90 Å². The van der Waals surface area contributed by atoms with Gasteiger partial charge < -0.3 is 14.4 Å². The van der Waals surface area contributed by atoms with Gasteiger partial charge in [0.1, 0.15) is 0 Å². The van der Waals surface area contributed by atoms with Crippen molar-refractivity contribution >= 4 is 39.4 Å². The highest BCUT2D eigenvalue weighted by Gasteiger charge is 2.41. The number of hydrogen-bond acceptors (Lipinski definition) is 3. The lowest BCUT2D eigenvalue weighted by molar-refractivity contribution is -0.141. The van der Waals surface area contributed by atoms with Gasteiger partial charge in [0.25, 0.3) is 5.91 Å². The van der Waals surface area contributed by atoms with Crippen LogP contribution in [-0.4, -0.2) is 35.0 Å². The van der Waals surface area contributed by atoms with Crippen LogP contribution in [-0.2, 0) is 4.79 Å². The highest BCUT2D eigenvalue weighted by atomic mass is 79.9. The number of amides is 1. The number of carbonyl (C=O) groups excluding carboxylic acids is 1. The predicted octanol–water partition coefficient (Wildman–Crippen LogP) is 3.64. The first kappa shape index (κ1) is 16.1. The smallest absolute Gasteiger partial charge is 0.308 e. The summed E-state index contributed by atoms with van der Waals surface area (Å²) in [6.45, 7) is 0.482. The molecule has 1 aromatic heterocycles. The molecule has 1 aliphatic rings. The molecule has 120 valence electrons. The number of hydrogen-bond donors (Lipinski definition) is 1. The molecule has 1 saturated heterocycles. The fourth-order valence-electron chi connectivity index (χ4n) is 2.85. The Balaban J connectivity index is 1.85. The summed E-state index contributed by atoms with van der Waals surface area (Å²) in [4.78, 5) is 25.5. The number of rotatable bonds is 3. The third kappa shape index (κ3) is 3.28. The van der Waals surface area contributed by atoms with E-state index in [1.165, 1.54) is 4.90 Å². The summed E-state index contributed by atoms with van der Waals surface area (Å²) in [5.41, 5.74) is 0.859. The van der Waals surface area contributed by atoms with Crippen molar-refractivity contribution in [2.24, 2.45) is 5.92 Å². The average Bonchev–Trinajstić information content (AvgIpc) is 3.14. The van der Waals surface area contributed by atoms with Gasteiger partial charge in [0.05, 0.1) is 5.92 Å². The number of furan rings is 1. The number of carboxylic acid groups (broad SMARTS) is 1. The van der Waals surface area contributed by atoms with Gasteiger partial charge in [0.15, 0.2) is 10.4 Å². The molecule has 0 radical (unpaired) electrons. The Morgan fingerprint density at radius 1 is 1.17 bits per heavy atom. The predicted molar refractivity (Wildman–Crippen MR) is 87.6 cm³/mol. The SMILES string of the molecule is O=C(O)[C@@H]1CN(C(=O)c2ccc(Br)o2)C[C@H]1c1ccc(Cl)cc1. The molecular weight excluding hydrogens is 386 g/mol. The van der Waals surface area contributed by atoms with Gasteiger partial charge in [0, 0.05) is 24.0 Å². The molecule has 1 amide bonds. The van der Waals surface area contributed by atoms with Gasteiger partial charge in [-0.2, -0.15) is 0 Å². The number of halogens is 2. The maximum Gasteiger partial charge on any atom is 0.308 e. The Morgan fingerprint density at radius 2 is 1.87 bits per heavy atom. The molecule has 5 nitrogen and oxygen atoms in total. The van der Waals surface area contributed by atoms with Crippen LogP contribution in [0, 0.1) is 5.92 Å². The van der Waals surface area contributed by atoms with Crippen molar-refractivity contribution in [3.63, 3.8) is 0 Å². The zero-order chi connectivity index (χ0) is 16.6. The number of carbonyl (C=O) groups is 2. The minimum atomic E-state index is -0.916. The van der Waals surface area contributed by atoms with Gasteiger partial charge in [-0.3, -0.25) is 9.59 Å². The van der Waals surface area contributed by atoms with Crippen LogP contribution in [0.5, 0.6) is 0 Å². The number of carboxylic acids is 1. The van der Waals surface area contributed by atoms with Gasteiger partial charge in [-0.05, 0) is 45.8 Å². The molecule has 0 saturated carbocycles. The summed E-state index contributed by atoms with van der Waals surface area (Å²) in [6, 6.07) is 10.3. The van der Waals surface area contributed by atoms with Gasteiger partial charge in [-0.15, -0.1) is 0 Å². The summed E-state index contributed by atoms with van der Waals surface area (Å²) in [6.07, 6.45) is 0. The summed E-state index contributed by atoms with van der Waals surface area (Å²) in [7, 11) is 0. The second kappa shape index (κ2) is 6.37. The maximum absolute atomic E-state index is 12.5. The highest BCUT2D eigenvalue weighted by Crippen LogP contribution is 2.34. The number of likely N-dealkylation sites (tertiary alicyclic amines) is 1. The fraction of sp³-hybridized carbons (Fsp3) is 0.250. The van der Waals surface area contributed by atoms with E-state index in [0.717, 1.165) is 5.56 Å². The van der Waals surface area contributed by atoms with Gasteiger partial charge in [0.2, 0.25) is 0 Å². The molecule has 0 bridgehead atoms. The van der Waals surface area contributed by atoms with Gasteiger partial charge in [-0.25, -0.2) is 0 Å². The van der Waals surface area contributed by atoms with Gasteiger partial charge in [-0.1, -0.05) is 23.7 Å². The van der Waals surface area contributed by atoms with Crippen molar-refractivity contribution < 1.29 is 19.1 Å². The quantitative estimate of drug-likeness (QED) is 0.857. The van der Waals surface area contributed by atoms with E-state index >= 15 is 0 Å². The molecule has 7 heteroatoms. The molecule has 1 N–H and O–H groups in total. The second-order valence-corrected chi connectivity index (χ2v) is 6.63. The highest BCUT2D eigenvalue weighted by molar-refractivity contribution is 9.10. The largest absolute Gasteiger partial charge is 0.481 e. The van der Waals surface area contributed by atoms with E-state index in [1.54, 1.807) is 36.4 Å². The van der Waals surface area contributed by atoms with E-state index in [9.17, 15) is 14.7 Å². The number of aliphatic carboxylic acids is 1. The Labute approximate surface area is 146 Å². The molecule has 2 atom stereocenters. The molecule has 0 aliphatic carbocycles. The lowest BCUT2D eigenvalue weighted by atomic mass is 9.89. The van der Waals surface area contributed by atoms with Crippen molar-refractivity contribution in [2.45, 2.75) is 5.92 Å². The molecule has 1 fully saturated rings. The second-order valence-electron chi connectivity index (χ2n) is 5.42. The molecule has 1 aromatic carbocycles. The van der Waals surface area contributed by atoms with E-state index < -0.39 is 11.9 Å². The van der Waals surface area contributed by atoms with E-state index in [0.29, 0.717) is 16.2 Å². The van der Waals surface area contributed by atoms with E-state index in [4.69, 9.17) is 16.0 Å². The zero-order valence-electron chi connectivity index (χ0n) is 11.9. The third-order valence-electron chi connectivity index (χ3n) is 4.01. The summed E-state index contributed by atoms with van der Waals surface area (Å²) in [5.74, 6) is -1.96. The van der Waals surface area contributed by atoms with Crippen LogP contribution in [0.3, 0.4) is 0 Å². The molecule has 3 rings (SSSR count). The molecule has 2 heterocycles. The van der Waals surface area contributed by atoms with Crippen LogP contribution in [0.15, 0.2) is 45.5 Å². The van der Waals surface area contributed by atoms with Crippen molar-refractivity contribution in [1.29, 1.82) is 0 Å². The topological polar surface area (TPSA) is 70.8 Å². The normalized spacial score (nSPS) is 20.7. The minimum Gasteiger partial charge on any atom is -0.481 e. The molecule has 0 spiro atoms. The lowest BCUT2D eigenvalue weighted by Gasteiger charge is -2.15. The summed E-state index contributed by atoms with van der Waals surface area (Å²) >= 11 is 9.04. The Hall–Kier alpha value is -1.79. The standard InChI is InChI=1S/C16H13BrClNO4/c17-14-6-5-13(23-14)15(20)19-7-11(12(8-19)16(21)22)9-1-3-10(18)4-2-9/h1-6,11-12H,7-8H2,(H,21,22)/t11-,12+/m0/s1. The molecule has 0 unspecified atom stereocenters. The van der Waals surface area contributed by atoms with Crippen LogP contribution >= 0.6 is 27.5 Å². The molecular formula is C16H13BrClNO4. The first-order valence-electron chi connectivity index (χ1n) is 6.98. The summed E-state index contributed by atoms with van der Waals surface area (Å²) < 4.78 is 5.73. The first-order valence-corrected chi connectivity index (χ1v) is 8.15. The van der Waals surface area contributed by atoms with E-state index in [1.807, 2.05) is 0 Å². The Bertz CT molecular complexity index is 743. The number of benzene rings is 1. The first-order chi connectivity index (χ1) is 11.0. The minimum absolute atomic E-state index is 0.153. The number of nitrogens with zero attached hydrogens (tertiary/aromatic N) is 1. The van der Waals surface area contributed by atoms with Crippen LogP contribution in [0.25, 0.3) is 0 Å². The Morgan fingerprint density at radius 3 is 2.43 bits per heavy atom. The fourth-order valence-corrected chi connectivity index (χ4v) is 3.29. The van der Waals surface area contributed by atoms with Crippen molar-refractivity contribution in [3.05, 3.63) is 57.4 Å². The lowest BCUT2D eigenvalue weighted by Crippen LogP contribution is -2.29. The third-order valence-corrected chi connectivity index (χ3v) is 4.68. The van der Waals surface area contributed by atoms with E-state index in [-0.39, 0.29) is 24.1 Å².